The van der Waals surface area contributed by atoms with Crippen LogP contribution in [0.4, 0.5) is 10.5 Å². The molecule has 30 heavy (non-hydrogen) atoms. The number of aromatic nitrogens is 1. The minimum Gasteiger partial charge on any atom is -0.454 e. The van der Waals surface area contributed by atoms with E-state index in [-0.39, 0.29) is 18.0 Å². The Morgan fingerprint density at radius 3 is 2.47 bits per heavy atom. The van der Waals surface area contributed by atoms with Gasteiger partial charge in [-0.3, -0.25) is 10.1 Å². The van der Waals surface area contributed by atoms with Gasteiger partial charge < -0.3 is 14.0 Å². The molecule has 1 aromatic heterocycles. The van der Waals surface area contributed by atoms with E-state index in [9.17, 15) is 14.4 Å². The number of Topliss-reactive ketones (excluding diaryl/α,β-unsaturated/α-hetero) is 1. The maximum Gasteiger partial charge on any atom is 0.412 e. The number of nitrogens with zero attached hydrogens (tertiary/aromatic N) is 1. The molecule has 1 N–H and O–H groups in total. The number of hydrogen-bond acceptors (Lipinski definition) is 5. The van der Waals surface area contributed by atoms with Gasteiger partial charge in [-0.2, -0.15) is 0 Å². The number of ketones is 1. The molecule has 160 valence electrons. The number of benzene rings is 1. The van der Waals surface area contributed by atoms with Crippen LogP contribution in [0.1, 0.15) is 71.8 Å². The van der Waals surface area contributed by atoms with E-state index in [1.54, 1.807) is 39.0 Å². The summed E-state index contributed by atoms with van der Waals surface area (Å²) in [6.45, 7) is 8.86. The highest BCUT2D eigenvalue weighted by Crippen LogP contribution is 2.38. The molecule has 0 spiro atoms. The van der Waals surface area contributed by atoms with Crippen molar-refractivity contribution in [3.05, 3.63) is 52.8 Å². The minimum atomic E-state index is -0.632. The summed E-state index contributed by atoms with van der Waals surface area (Å²) in [5.41, 5.74) is 2.56. The second-order valence-electron chi connectivity index (χ2n) is 8.59. The molecule has 0 unspecified atom stereocenters. The van der Waals surface area contributed by atoms with Crippen LogP contribution in [-0.4, -0.2) is 34.6 Å². The molecule has 1 amide bonds. The topological polar surface area (TPSA) is 86.6 Å². The molecule has 1 fully saturated rings. The highest BCUT2D eigenvalue weighted by Gasteiger charge is 2.28. The number of amides is 1. The summed E-state index contributed by atoms with van der Waals surface area (Å²) in [6, 6.07) is 8.64. The Morgan fingerprint density at radius 1 is 1.13 bits per heavy atom. The molecule has 7 heteroatoms. The highest BCUT2D eigenvalue weighted by atomic mass is 16.6. The van der Waals surface area contributed by atoms with E-state index in [0.717, 1.165) is 24.2 Å². The third-order valence-corrected chi connectivity index (χ3v) is 4.77. The van der Waals surface area contributed by atoms with Gasteiger partial charge in [-0.15, -0.1) is 0 Å². The lowest BCUT2D eigenvalue weighted by atomic mass is 10.1. The number of nitrogens with one attached hydrogen (secondary N) is 1. The number of ether oxygens (including phenoxy) is 2. The first kappa shape index (κ1) is 21.6. The molecule has 0 radical (unpaired) electrons. The Morgan fingerprint density at radius 2 is 1.83 bits per heavy atom. The number of carbonyl (C=O) groups excluding carboxylic acids is 3. The van der Waals surface area contributed by atoms with Crippen molar-refractivity contribution in [3.8, 4) is 0 Å². The van der Waals surface area contributed by atoms with Gasteiger partial charge in [0.15, 0.2) is 6.61 Å². The maximum absolute atomic E-state index is 12.6. The number of carbonyl (C=O) groups is 3. The summed E-state index contributed by atoms with van der Waals surface area (Å²) in [4.78, 5) is 36.9. The van der Waals surface area contributed by atoms with E-state index < -0.39 is 17.7 Å². The molecule has 0 aliphatic heterocycles. The predicted octanol–water partition coefficient (Wildman–Crippen LogP) is 4.83. The van der Waals surface area contributed by atoms with Gasteiger partial charge in [0.2, 0.25) is 5.78 Å². The fourth-order valence-electron chi connectivity index (χ4n) is 3.39. The summed E-state index contributed by atoms with van der Waals surface area (Å²) in [6.07, 6.45) is 1.65. The summed E-state index contributed by atoms with van der Waals surface area (Å²) < 4.78 is 12.6. The molecule has 1 heterocycles. The molecule has 1 aromatic carbocycles. The van der Waals surface area contributed by atoms with E-state index >= 15 is 0 Å². The van der Waals surface area contributed by atoms with Crippen molar-refractivity contribution in [1.29, 1.82) is 0 Å². The van der Waals surface area contributed by atoms with E-state index in [1.807, 2.05) is 19.9 Å². The molecule has 1 saturated carbocycles. The van der Waals surface area contributed by atoms with Gasteiger partial charge in [-0.25, -0.2) is 9.59 Å². The summed E-state index contributed by atoms with van der Waals surface area (Å²) in [7, 11) is 0. The zero-order valence-electron chi connectivity index (χ0n) is 18.1. The lowest BCUT2D eigenvalue weighted by molar-refractivity contribution is 0.0474. The summed E-state index contributed by atoms with van der Waals surface area (Å²) in [5, 5.41) is 2.58. The van der Waals surface area contributed by atoms with E-state index in [1.165, 1.54) is 6.07 Å². The largest absolute Gasteiger partial charge is 0.454 e. The van der Waals surface area contributed by atoms with Gasteiger partial charge in [0.1, 0.15) is 5.60 Å². The zero-order valence-corrected chi connectivity index (χ0v) is 18.1. The van der Waals surface area contributed by atoms with Crippen molar-refractivity contribution >= 4 is 23.5 Å². The average molecular weight is 412 g/mol. The summed E-state index contributed by atoms with van der Waals surface area (Å²) in [5.74, 6) is -0.862. The van der Waals surface area contributed by atoms with Crippen molar-refractivity contribution in [3.63, 3.8) is 0 Å². The first-order chi connectivity index (χ1) is 14.0. The first-order valence-corrected chi connectivity index (χ1v) is 10.0. The molecule has 3 rings (SSSR count). The number of esters is 1. The van der Waals surface area contributed by atoms with E-state index in [4.69, 9.17) is 9.47 Å². The SMILES string of the molecule is Cc1cc(C(=O)COC(=O)c2cccc(NC(=O)OC(C)(C)C)c2)c(C)n1C1CC1. The van der Waals surface area contributed by atoms with Crippen LogP contribution < -0.4 is 5.32 Å². The van der Waals surface area contributed by atoms with Gasteiger partial charge in [0.05, 0.1) is 5.56 Å². The van der Waals surface area contributed by atoms with Crippen LogP contribution in [0.3, 0.4) is 0 Å². The molecule has 0 bridgehead atoms. The minimum absolute atomic E-state index is 0.230. The van der Waals surface area contributed by atoms with Crippen molar-refractivity contribution in [1.82, 2.24) is 4.57 Å². The van der Waals surface area contributed by atoms with Crippen molar-refractivity contribution in [2.45, 2.75) is 59.1 Å². The van der Waals surface area contributed by atoms with E-state index in [0.29, 0.717) is 17.3 Å². The monoisotopic (exact) mass is 412 g/mol. The second kappa shape index (κ2) is 8.34. The summed E-state index contributed by atoms with van der Waals surface area (Å²) >= 11 is 0. The third-order valence-electron chi connectivity index (χ3n) is 4.77. The van der Waals surface area contributed by atoms with Crippen LogP contribution in [-0.2, 0) is 9.47 Å². The lowest BCUT2D eigenvalue weighted by Crippen LogP contribution is -2.27. The molecule has 1 aliphatic carbocycles. The van der Waals surface area contributed by atoms with Gasteiger partial charge in [0, 0.05) is 28.7 Å². The quantitative estimate of drug-likeness (QED) is 0.543. The molecular formula is C23H28N2O5. The Labute approximate surface area is 176 Å². The Hall–Kier alpha value is -3.09. The van der Waals surface area contributed by atoms with Crippen LogP contribution in [0.2, 0.25) is 0 Å². The Balaban J connectivity index is 1.60. The van der Waals surface area contributed by atoms with Crippen LogP contribution >= 0.6 is 0 Å². The fraction of sp³-hybridized carbons (Fsp3) is 0.435. The van der Waals surface area contributed by atoms with Crippen LogP contribution in [0, 0.1) is 13.8 Å². The lowest BCUT2D eigenvalue weighted by Gasteiger charge is -2.19. The van der Waals surface area contributed by atoms with Crippen LogP contribution in [0.15, 0.2) is 30.3 Å². The van der Waals surface area contributed by atoms with Crippen molar-refractivity contribution in [2.75, 3.05) is 11.9 Å². The van der Waals surface area contributed by atoms with Crippen LogP contribution in [0.25, 0.3) is 0 Å². The Bertz CT molecular complexity index is 980. The molecule has 0 atom stereocenters. The maximum atomic E-state index is 12.6. The standard InChI is InChI=1S/C23H28N2O5/c1-14-11-19(15(2)25(14)18-9-10-18)20(26)13-29-21(27)16-7-6-8-17(12-16)24-22(28)30-23(3,4)5/h6-8,11-12,18H,9-10,13H2,1-5H3,(H,24,28). The second-order valence-corrected chi connectivity index (χ2v) is 8.59. The van der Waals surface area contributed by atoms with Gasteiger partial charge in [-0.1, -0.05) is 6.07 Å². The smallest absolute Gasteiger partial charge is 0.412 e. The molecule has 1 aliphatic rings. The molecule has 2 aromatic rings. The van der Waals surface area contributed by atoms with Gasteiger partial charge in [-0.05, 0) is 71.7 Å². The number of rotatable bonds is 6. The fourth-order valence-corrected chi connectivity index (χ4v) is 3.39. The first-order valence-electron chi connectivity index (χ1n) is 10.0. The average Bonchev–Trinajstić information content (AvgIpc) is 3.42. The number of hydrogen-bond donors (Lipinski definition) is 1. The molecule has 7 nitrogen and oxygen atoms in total. The van der Waals surface area contributed by atoms with Crippen molar-refractivity contribution < 1.29 is 23.9 Å². The van der Waals surface area contributed by atoms with Crippen LogP contribution in [0.5, 0.6) is 0 Å². The predicted molar refractivity (Wildman–Crippen MR) is 113 cm³/mol. The molecule has 0 saturated heterocycles. The number of aryl methyl sites for hydroxylation is 1. The van der Waals surface area contributed by atoms with Gasteiger partial charge in [0.25, 0.3) is 0 Å². The Kier molecular flexibility index (Phi) is 6.01. The molecular weight excluding hydrogens is 384 g/mol. The normalized spacial score (nSPS) is 13.6. The van der Waals surface area contributed by atoms with Crippen molar-refractivity contribution in [2.24, 2.45) is 0 Å². The highest BCUT2D eigenvalue weighted by molar-refractivity contribution is 6.00. The number of anilines is 1. The van der Waals surface area contributed by atoms with Gasteiger partial charge >= 0.3 is 12.1 Å². The third kappa shape index (κ3) is 5.28. The van der Waals surface area contributed by atoms with E-state index in [2.05, 4.69) is 9.88 Å². The zero-order chi connectivity index (χ0) is 22.1.